The molecule has 2 aromatic rings. The molecule has 0 atom stereocenters. The van der Waals surface area contributed by atoms with Crippen LogP contribution < -0.4 is 10.2 Å². The predicted molar refractivity (Wildman–Crippen MR) is 99.7 cm³/mol. The van der Waals surface area contributed by atoms with E-state index in [9.17, 15) is 14.9 Å². The minimum absolute atomic E-state index is 0.0898. The average molecular weight is 376 g/mol. The highest BCUT2D eigenvalue weighted by Crippen LogP contribution is 2.21. The summed E-state index contributed by atoms with van der Waals surface area (Å²) in [5.74, 6) is -0.0902. The molecule has 1 aromatic carbocycles. The number of carbonyl (C=O) groups is 1. The quantitative estimate of drug-likeness (QED) is 0.605. The number of benzene rings is 1. The fourth-order valence-electron chi connectivity index (χ4n) is 2.76. The smallest absolute Gasteiger partial charge is 0.269 e. The lowest BCUT2D eigenvalue weighted by atomic mass is 10.2. The van der Waals surface area contributed by atoms with Gasteiger partial charge in [0.1, 0.15) is 5.01 Å². The second-order valence-electron chi connectivity index (χ2n) is 5.94. The van der Waals surface area contributed by atoms with E-state index in [1.54, 1.807) is 12.1 Å². The first-order valence-corrected chi connectivity index (χ1v) is 9.21. The predicted octanol–water partition coefficient (Wildman–Crippen LogP) is 1.77. The number of amides is 1. The van der Waals surface area contributed by atoms with E-state index in [4.69, 9.17) is 0 Å². The van der Waals surface area contributed by atoms with E-state index in [0.29, 0.717) is 11.7 Å². The largest absolute Gasteiger partial charge is 0.369 e. The molecule has 3 rings (SSSR count). The first-order valence-electron chi connectivity index (χ1n) is 8.39. The molecular formula is C16H20N6O3S. The molecule has 1 aliphatic rings. The van der Waals surface area contributed by atoms with Crippen molar-refractivity contribution < 1.29 is 9.72 Å². The van der Waals surface area contributed by atoms with Gasteiger partial charge < -0.3 is 4.90 Å². The van der Waals surface area contributed by atoms with Gasteiger partial charge in [-0.25, -0.2) is 0 Å². The number of aryl methyl sites for hydroxylation is 1. The first-order chi connectivity index (χ1) is 12.5. The molecular weight excluding hydrogens is 356 g/mol. The topological polar surface area (TPSA) is 104 Å². The highest BCUT2D eigenvalue weighted by molar-refractivity contribution is 7.15. The Bertz CT molecular complexity index is 771. The number of nitrogens with zero attached hydrogens (tertiary/aromatic N) is 5. The van der Waals surface area contributed by atoms with Gasteiger partial charge in [0, 0.05) is 44.0 Å². The van der Waals surface area contributed by atoms with E-state index in [-0.39, 0.29) is 11.6 Å². The van der Waals surface area contributed by atoms with Crippen LogP contribution in [0.4, 0.5) is 16.5 Å². The van der Waals surface area contributed by atoms with Crippen molar-refractivity contribution in [2.45, 2.75) is 13.3 Å². The van der Waals surface area contributed by atoms with Crippen molar-refractivity contribution in [1.29, 1.82) is 0 Å². The molecule has 1 fully saturated rings. The van der Waals surface area contributed by atoms with Crippen LogP contribution in [0, 0.1) is 10.1 Å². The molecule has 1 saturated heterocycles. The SMILES string of the molecule is CCc1nnc(NC(=O)CN2CCN(c3ccc([N+](=O)[O-])cc3)CC2)s1. The molecule has 1 N–H and O–H groups in total. The molecule has 0 unspecified atom stereocenters. The Morgan fingerprint density at radius 2 is 1.92 bits per heavy atom. The second-order valence-corrected chi connectivity index (χ2v) is 7.00. The Balaban J connectivity index is 1.47. The van der Waals surface area contributed by atoms with Crippen molar-refractivity contribution in [3.63, 3.8) is 0 Å². The Hall–Kier alpha value is -2.59. The van der Waals surface area contributed by atoms with E-state index >= 15 is 0 Å². The summed E-state index contributed by atoms with van der Waals surface area (Å²) in [5.41, 5.74) is 1.05. The zero-order valence-electron chi connectivity index (χ0n) is 14.4. The van der Waals surface area contributed by atoms with Crippen LogP contribution in [0.5, 0.6) is 0 Å². The van der Waals surface area contributed by atoms with Gasteiger partial charge in [0.2, 0.25) is 11.0 Å². The summed E-state index contributed by atoms with van der Waals surface area (Å²) < 4.78 is 0. The van der Waals surface area contributed by atoms with Crippen LogP contribution in [0.2, 0.25) is 0 Å². The third kappa shape index (κ3) is 4.52. The maximum Gasteiger partial charge on any atom is 0.269 e. The molecule has 138 valence electrons. The summed E-state index contributed by atoms with van der Waals surface area (Å²) in [7, 11) is 0. The number of anilines is 2. The molecule has 1 aromatic heterocycles. The van der Waals surface area contributed by atoms with Crippen molar-refractivity contribution in [3.05, 3.63) is 39.4 Å². The zero-order valence-corrected chi connectivity index (χ0v) is 15.2. The molecule has 0 bridgehead atoms. The molecule has 0 saturated carbocycles. The van der Waals surface area contributed by atoms with Crippen molar-refractivity contribution in [2.24, 2.45) is 0 Å². The van der Waals surface area contributed by atoms with Gasteiger partial charge in [-0.2, -0.15) is 0 Å². The summed E-state index contributed by atoms with van der Waals surface area (Å²) in [6, 6.07) is 6.56. The first kappa shape index (κ1) is 18.2. The number of non-ortho nitro benzene ring substituents is 1. The van der Waals surface area contributed by atoms with Gasteiger partial charge in [-0.05, 0) is 18.6 Å². The van der Waals surface area contributed by atoms with E-state index in [2.05, 4.69) is 25.3 Å². The summed E-state index contributed by atoms with van der Waals surface area (Å²) in [6.07, 6.45) is 0.804. The number of nitrogens with one attached hydrogen (secondary N) is 1. The third-order valence-electron chi connectivity index (χ3n) is 4.18. The molecule has 9 nitrogen and oxygen atoms in total. The highest BCUT2D eigenvalue weighted by Gasteiger charge is 2.20. The van der Waals surface area contributed by atoms with E-state index < -0.39 is 4.92 Å². The number of hydrogen-bond donors (Lipinski definition) is 1. The van der Waals surface area contributed by atoms with Crippen molar-refractivity contribution in [3.8, 4) is 0 Å². The minimum Gasteiger partial charge on any atom is -0.369 e. The molecule has 26 heavy (non-hydrogen) atoms. The van der Waals surface area contributed by atoms with Gasteiger partial charge in [0.15, 0.2) is 0 Å². The lowest BCUT2D eigenvalue weighted by Gasteiger charge is -2.35. The molecule has 0 radical (unpaired) electrons. The third-order valence-corrected chi connectivity index (χ3v) is 5.16. The molecule has 0 aliphatic carbocycles. The summed E-state index contributed by atoms with van der Waals surface area (Å²) in [5, 5.41) is 22.9. The monoisotopic (exact) mass is 376 g/mol. The number of nitro benzene ring substituents is 1. The van der Waals surface area contributed by atoms with Gasteiger partial charge >= 0.3 is 0 Å². The lowest BCUT2D eigenvalue weighted by molar-refractivity contribution is -0.384. The van der Waals surface area contributed by atoms with E-state index in [1.807, 2.05) is 6.92 Å². The highest BCUT2D eigenvalue weighted by atomic mass is 32.1. The van der Waals surface area contributed by atoms with Crippen LogP contribution in [0.25, 0.3) is 0 Å². The maximum absolute atomic E-state index is 12.1. The number of carbonyl (C=O) groups excluding carboxylic acids is 1. The fraction of sp³-hybridized carbons (Fsp3) is 0.438. The second kappa shape index (κ2) is 8.19. The van der Waals surface area contributed by atoms with Crippen LogP contribution in [-0.2, 0) is 11.2 Å². The molecule has 0 spiro atoms. The van der Waals surface area contributed by atoms with Crippen LogP contribution in [0.15, 0.2) is 24.3 Å². The number of aromatic nitrogens is 2. The Morgan fingerprint density at radius 3 is 2.50 bits per heavy atom. The van der Waals surface area contributed by atoms with Crippen LogP contribution in [-0.4, -0.2) is 58.7 Å². The van der Waals surface area contributed by atoms with Crippen molar-refractivity contribution in [1.82, 2.24) is 15.1 Å². The molecule has 10 heteroatoms. The van der Waals surface area contributed by atoms with Crippen LogP contribution in [0.3, 0.4) is 0 Å². The van der Waals surface area contributed by atoms with Crippen LogP contribution >= 0.6 is 11.3 Å². The molecule has 1 amide bonds. The Morgan fingerprint density at radius 1 is 1.23 bits per heavy atom. The lowest BCUT2D eigenvalue weighted by Crippen LogP contribution is -2.48. The van der Waals surface area contributed by atoms with Gasteiger partial charge in [0.25, 0.3) is 5.69 Å². The number of piperazine rings is 1. The number of nitro groups is 1. The molecule has 1 aliphatic heterocycles. The van der Waals surface area contributed by atoms with Crippen molar-refractivity contribution >= 4 is 33.8 Å². The minimum atomic E-state index is -0.401. The Labute approximate surface area is 154 Å². The zero-order chi connectivity index (χ0) is 18.5. The van der Waals surface area contributed by atoms with Gasteiger partial charge in [-0.15, -0.1) is 10.2 Å². The summed E-state index contributed by atoms with van der Waals surface area (Å²) in [4.78, 5) is 26.7. The van der Waals surface area contributed by atoms with Gasteiger partial charge in [0.05, 0.1) is 11.5 Å². The normalized spacial score (nSPS) is 15.0. The summed E-state index contributed by atoms with van der Waals surface area (Å²) >= 11 is 1.40. The molecule has 2 heterocycles. The van der Waals surface area contributed by atoms with E-state index in [0.717, 1.165) is 43.3 Å². The average Bonchev–Trinajstić information content (AvgIpc) is 3.10. The van der Waals surface area contributed by atoms with Crippen LogP contribution in [0.1, 0.15) is 11.9 Å². The number of rotatable bonds is 6. The van der Waals surface area contributed by atoms with Gasteiger partial charge in [-0.3, -0.25) is 25.1 Å². The summed E-state index contributed by atoms with van der Waals surface area (Å²) in [6.45, 7) is 5.35. The van der Waals surface area contributed by atoms with Gasteiger partial charge in [-0.1, -0.05) is 18.3 Å². The Kier molecular flexibility index (Phi) is 5.74. The van der Waals surface area contributed by atoms with Crippen molar-refractivity contribution in [2.75, 3.05) is 42.9 Å². The maximum atomic E-state index is 12.1. The van der Waals surface area contributed by atoms with E-state index in [1.165, 1.54) is 23.5 Å². The number of hydrogen-bond acceptors (Lipinski definition) is 8. The fourth-order valence-corrected chi connectivity index (χ4v) is 3.45. The standard InChI is InChI=1S/C16H20N6O3S/c1-2-15-18-19-16(26-15)17-14(23)11-20-7-9-21(10-8-20)12-3-5-13(6-4-12)22(24)25/h3-6H,2,7-11H2,1H3,(H,17,19,23).